The fourth-order valence-corrected chi connectivity index (χ4v) is 1.44. The van der Waals surface area contributed by atoms with Crippen molar-refractivity contribution in [2.45, 2.75) is 13.2 Å². The van der Waals surface area contributed by atoms with Crippen LogP contribution in [-0.2, 0) is 6.54 Å². The van der Waals surface area contributed by atoms with Crippen LogP contribution >= 0.6 is 0 Å². The SMILES string of the molecule is COc1cc(CNc2nnco2)ccc1OC(F)F. The molecule has 0 radical (unpaired) electrons. The molecule has 19 heavy (non-hydrogen) atoms. The Labute approximate surface area is 107 Å². The number of halogens is 2. The van der Waals surface area contributed by atoms with E-state index in [0.717, 1.165) is 5.56 Å². The zero-order valence-corrected chi connectivity index (χ0v) is 9.97. The minimum atomic E-state index is -2.89. The van der Waals surface area contributed by atoms with Crippen molar-refractivity contribution in [1.82, 2.24) is 10.2 Å². The number of rotatable bonds is 6. The van der Waals surface area contributed by atoms with Crippen LogP contribution in [0.2, 0.25) is 0 Å². The Morgan fingerprint density at radius 1 is 1.37 bits per heavy atom. The molecule has 0 amide bonds. The monoisotopic (exact) mass is 271 g/mol. The number of nitrogens with one attached hydrogen (secondary N) is 1. The highest BCUT2D eigenvalue weighted by atomic mass is 19.3. The molecule has 2 rings (SSSR count). The number of nitrogens with zero attached hydrogens (tertiary/aromatic N) is 2. The molecular weight excluding hydrogens is 260 g/mol. The highest BCUT2D eigenvalue weighted by Gasteiger charge is 2.11. The normalized spacial score (nSPS) is 10.5. The number of ether oxygens (including phenoxy) is 2. The smallest absolute Gasteiger partial charge is 0.387 e. The van der Waals surface area contributed by atoms with E-state index in [9.17, 15) is 8.78 Å². The Kier molecular flexibility index (Phi) is 4.11. The summed E-state index contributed by atoms with van der Waals surface area (Å²) in [4.78, 5) is 0. The summed E-state index contributed by atoms with van der Waals surface area (Å²) in [6.07, 6.45) is 1.20. The molecule has 0 fully saturated rings. The van der Waals surface area contributed by atoms with Gasteiger partial charge >= 0.3 is 12.6 Å². The molecule has 0 atom stereocenters. The maximum atomic E-state index is 12.2. The van der Waals surface area contributed by atoms with Crippen LogP contribution in [0.15, 0.2) is 29.0 Å². The summed E-state index contributed by atoms with van der Waals surface area (Å²) >= 11 is 0. The van der Waals surface area contributed by atoms with E-state index in [0.29, 0.717) is 6.54 Å². The summed E-state index contributed by atoms with van der Waals surface area (Å²) in [5, 5.41) is 10.0. The molecule has 0 aliphatic rings. The van der Waals surface area contributed by atoms with Gasteiger partial charge in [-0.3, -0.25) is 0 Å². The summed E-state index contributed by atoms with van der Waals surface area (Å²) in [5.41, 5.74) is 0.789. The second-order valence-corrected chi connectivity index (χ2v) is 3.46. The Bertz CT molecular complexity index is 520. The summed E-state index contributed by atoms with van der Waals surface area (Å²) < 4.78 is 38.5. The predicted octanol–water partition coefficient (Wildman–Crippen LogP) is 2.29. The highest BCUT2D eigenvalue weighted by molar-refractivity contribution is 5.43. The fraction of sp³-hybridized carbons (Fsp3) is 0.273. The van der Waals surface area contributed by atoms with Crippen molar-refractivity contribution in [3.05, 3.63) is 30.2 Å². The van der Waals surface area contributed by atoms with Gasteiger partial charge in [0.2, 0.25) is 6.39 Å². The number of aromatic nitrogens is 2. The molecule has 0 bridgehead atoms. The highest BCUT2D eigenvalue weighted by Crippen LogP contribution is 2.29. The summed E-state index contributed by atoms with van der Waals surface area (Å²) in [5.74, 6) is 0.212. The summed E-state index contributed by atoms with van der Waals surface area (Å²) in [6.45, 7) is -2.51. The van der Waals surface area contributed by atoms with E-state index in [4.69, 9.17) is 9.15 Å². The van der Waals surface area contributed by atoms with Gasteiger partial charge in [0.1, 0.15) is 0 Å². The van der Waals surface area contributed by atoms with Crippen molar-refractivity contribution in [3.8, 4) is 11.5 Å². The number of anilines is 1. The molecule has 0 saturated heterocycles. The van der Waals surface area contributed by atoms with E-state index >= 15 is 0 Å². The van der Waals surface area contributed by atoms with Crippen LogP contribution in [0.3, 0.4) is 0 Å². The largest absolute Gasteiger partial charge is 0.493 e. The first-order valence-corrected chi connectivity index (χ1v) is 5.31. The third kappa shape index (κ3) is 3.54. The zero-order valence-electron chi connectivity index (χ0n) is 9.97. The Hall–Kier alpha value is -2.38. The number of hydrogen-bond acceptors (Lipinski definition) is 6. The fourth-order valence-electron chi connectivity index (χ4n) is 1.44. The molecule has 1 aromatic heterocycles. The molecule has 0 unspecified atom stereocenters. The van der Waals surface area contributed by atoms with Gasteiger partial charge in [0, 0.05) is 6.54 Å². The van der Waals surface area contributed by atoms with Gasteiger partial charge in [0.25, 0.3) is 0 Å². The second-order valence-electron chi connectivity index (χ2n) is 3.46. The first kappa shape index (κ1) is 13.1. The lowest BCUT2D eigenvalue weighted by Gasteiger charge is -2.11. The minimum absolute atomic E-state index is 0.0148. The first-order valence-electron chi connectivity index (χ1n) is 5.31. The number of hydrogen-bond donors (Lipinski definition) is 1. The van der Waals surface area contributed by atoms with Crippen molar-refractivity contribution in [2.24, 2.45) is 0 Å². The van der Waals surface area contributed by atoms with Crippen molar-refractivity contribution < 1.29 is 22.7 Å². The van der Waals surface area contributed by atoms with E-state index in [1.807, 2.05) is 0 Å². The van der Waals surface area contributed by atoms with Gasteiger partial charge in [-0.25, -0.2) is 0 Å². The third-order valence-electron chi connectivity index (χ3n) is 2.25. The molecule has 0 spiro atoms. The van der Waals surface area contributed by atoms with E-state index < -0.39 is 6.61 Å². The van der Waals surface area contributed by atoms with E-state index in [1.165, 1.54) is 19.6 Å². The number of methoxy groups -OCH3 is 1. The molecular formula is C11H11F2N3O3. The van der Waals surface area contributed by atoms with Crippen molar-refractivity contribution in [2.75, 3.05) is 12.4 Å². The number of benzene rings is 1. The third-order valence-corrected chi connectivity index (χ3v) is 2.25. The van der Waals surface area contributed by atoms with Gasteiger partial charge in [0.05, 0.1) is 7.11 Å². The summed E-state index contributed by atoms with van der Waals surface area (Å²) in [7, 11) is 1.38. The lowest BCUT2D eigenvalue weighted by Crippen LogP contribution is -2.05. The molecule has 2 aromatic rings. The average molecular weight is 271 g/mol. The first-order chi connectivity index (χ1) is 9.19. The molecule has 8 heteroatoms. The standard InChI is InChI=1S/C11H11F2N3O3/c1-17-9-4-7(2-3-8(9)19-10(12)13)5-14-11-16-15-6-18-11/h2-4,6,10H,5H2,1H3,(H,14,16). The molecule has 1 aromatic carbocycles. The van der Waals surface area contributed by atoms with Crippen LogP contribution in [-0.4, -0.2) is 23.9 Å². The van der Waals surface area contributed by atoms with Crippen LogP contribution in [0, 0.1) is 0 Å². The van der Waals surface area contributed by atoms with Crippen LogP contribution < -0.4 is 14.8 Å². The van der Waals surface area contributed by atoms with Gasteiger partial charge in [-0.05, 0) is 17.7 Å². The molecule has 0 aliphatic carbocycles. The van der Waals surface area contributed by atoms with Crippen LogP contribution in [0.5, 0.6) is 11.5 Å². The predicted molar refractivity (Wildman–Crippen MR) is 61.3 cm³/mol. The van der Waals surface area contributed by atoms with Crippen LogP contribution in [0.1, 0.15) is 5.56 Å². The van der Waals surface area contributed by atoms with Crippen LogP contribution in [0.4, 0.5) is 14.8 Å². The summed E-state index contributed by atoms with van der Waals surface area (Å²) in [6, 6.07) is 4.90. The van der Waals surface area contributed by atoms with Gasteiger partial charge in [-0.1, -0.05) is 11.2 Å². The van der Waals surface area contributed by atoms with Crippen molar-refractivity contribution >= 4 is 6.01 Å². The lowest BCUT2D eigenvalue weighted by atomic mass is 10.2. The number of alkyl halides is 2. The van der Waals surface area contributed by atoms with Crippen molar-refractivity contribution in [1.29, 1.82) is 0 Å². The van der Waals surface area contributed by atoms with Gasteiger partial charge in [-0.2, -0.15) is 8.78 Å². The van der Waals surface area contributed by atoms with E-state index in [-0.39, 0.29) is 17.5 Å². The molecule has 0 saturated carbocycles. The average Bonchev–Trinajstić information content (AvgIpc) is 2.90. The molecule has 0 aliphatic heterocycles. The maximum absolute atomic E-state index is 12.2. The Morgan fingerprint density at radius 3 is 2.84 bits per heavy atom. The van der Waals surface area contributed by atoms with E-state index in [1.54, 1.807) is 12.1 Å². The molecule has 6 nitrogen and oxygen atoms in total. The molecule has 1 heterocycles. The van der Waals surface area contributed by atoms with Gasteiger partial charge < -0.3 is 19.2 Å². The molecule has 1 N–H and O–H groups in total. The lowest BCUT2D eigenvalue weighted by molar-refractivity contribution is -0.0512. The topological polar surface area (TPSA) is 69.4 Å². The minimum Gasteiger partial charge on any atom is -0.493 e. The van der Waals surface area contributed by atoms with Crippen LogP contribution in [0.25, 0.3) is 0 Å². The van der Waals surface area contributed by atoms with Crippen molar-refractivity contribution in [3.63, 3.8) is 0 Å². The van der Waals surface area contributed by atoms with Gasteiger partial charge in [-0.15, -0.1) is 5.10 Å². The maximum Gasteiger partial charge on any atom is 0.387 e. The quantitative estimate of drug-likeness (QED) is 0.869. The zero-order chi connectivity index (χ0) is 13.7. The van der Waals surface area contributed by atoms with Gasteiger partial charge in [0.15, 0.2) is 11.5 Å². The Balaban J connectivity index is 2.05. The van der Waals surface area contributed by atoms with E-state index in [2.05, 4.69) is 20.3 Å². The Morgan fingerprint density at radius 2 is 2.21 bits per heavy atom. The second kappa shape index (κ2) is 5.98. The molecule has 102 valence electrons.